The van der Waals surface area contributed by atoms with Crippen molar-refractivity contribution in [1.29, 1.82) is 0 Å². The number of aliphatic carboxylic acids is 1. The second kappa shape index (κ2) is 5.14. The Balaban J connectivity index is 1.83. The number of fused-ring (bicyclic) bond motifs is 2. The first-order chi connectivity index (χ1) is 9.97. The number of carbonyl (C=O) groups is 1. The Hall–Kier alpha value is -1.89. The molecule has 0 spiro atoms. The molecule has 112 valence electrons. The minimum absolute atomic E-state index is 0.135. The summed E-state index contributed by atoms with van der Waals surface area (Å²) in [6.45, 7) is 0. The van der Waals surface area contributed by atoms with Crippen LogP contribution in [0.5, 0.6) is 0 Å². The second-order valence-electron chi connectivity index (χ2n) is 5.65. The zero-order chi connectivity index (χ0) is 15.1. The molecule has 3 rings (SSSR count). The molecule has 0 aromatic carbocycles. The van der Waals surface area contributed by atoms with Crippen LogP contribution in [0, 0.1) is 27.9 Å². The largest absolute Gasteiger partial charge is 0.481 e. The van der Waals surface area contributed by atoms with Gasteiger partial charge in [0.05, 0.1) is 15.9 Å². The van der Waals surface area contributed by atoms with Gasteiger partial charge in [0.1, 0.15) is 12.0 Å². The second-order valence-corrected chi connectivity index (χ2v) is 6.06. The van der Waals surface area contributed by atoms with Crippen molar-refractivity contribution in [3.8, 4) is 0 Å². The fourth-order valence-corrected chi connectivity index (χ4v) is 3.86. The van der Waals surface area contributed by atoms with Crippen LogP contribution >= 0.6 is 11.6 Å². The van der Waals surface area contributed by atoms with Crippen molar-refractivity contribution in [3.63, 3.8) is 0 Å². The molecule has 2 N–H and O–H groups in total. The number of nitrogens with zero attached hydrogens (tertiary/aromatic N) is 2. The van der Waals surface area contributed by atoms with Gasteiger partial charge in [-0.15, -0.1) is 0 Å². The lowest BCUT2D eigenvalue weighted by molar-refractivity contribution is -0.385. The van der Waals surface area contributed by atoms with E-state index in [1.165, 1.54) is 6.07 Å². The zero-order valence-electron chi connectivity index (χ0n) is 11.0. The number of anilines is 1. The van der Waals surface area contributed by atoms with E-state index < -0.39 is 16.8 Å². The molecule has 0 amide bonds. The molecule has 0 radical (unpaired) electrons. The van der Waals surface area contributed by atoms with Gasteiger partial charge in [0, 0.05) is 12.1 Å². The van der Waals surface area contributed by atoms with Gasteiger partial charge in [0.2, 0.25) is 0 Å². The summed E-state index contributed by atoms with van der Waals surface area (Å²) in [7, 11) is 0. The van der Waals surface area contributed by atoms with E-state index in [-0.39, 0.29) is 22.7 Å². The lowest BCUT2D eigenvalue weighted by Gasteiger charge is -2.29. The van der Waals surface area contributed by atoms with Crippen LogP contribution in [-0.2, 0) is 4.79 Å². The highest BCUT2D eigenvalue weighted by Crippen LogP contribution is 2.49. The SMILES string of the molecule is O=C(O)C1C2CCC(C2)C1Nc1ncc([N+](=O)[O-])cc1Cl. The van der Waals surface area contributed by atoms with Gasteiger partial charge < -0.3 is 10.4 Å². The van der Waals surface area contributed by atoms with E-state index in [0.29, 0.717) is 11.7 Å². The lowest BCUT2D eigenvalue weighted by atomic mass is 9.84. The zero-order valence-corrected chi connectivity index (χ0v) is 11.8. The molecule has 4 unspecified atom stereocenters. The molecule has 2 saturated carbocycles. The molecule has 2 aliphatic carbocycles. The molecule has 0 saturated heterocycles. The van der Waals surface area contributed by atoms with Crippen LogP contribution in [0.25, 0.3) is 0 Å². The first-order valence-corrected chi connectivity index (χ1v) is 7.14. The Morgan fingerprint density at radius 1 is 1.48 bits per heavy atom. The van der Waals surface area contributed by atoms with E-state index >= 15 is 0 Å². The molecular weight excluding hydrogens is 298 g/mol. The molecular formula is C13H14ClN3O4. The van der Waals surface area contributed by atoms with Gasteiger partial charge in [0.25, 0.3) is 5.69 Å². The van der Waals surface area contributed by atoms with E-state index in [9.17, 15) is 20.0 Å². The van der Waals surface area contributed by atoms with Crippen LogP contribution in [0.1, 0.15) is 19.3 Å². The summed E-state index contributed by atoms with van der Waals surface area (Å²) in [6, 6.07) is 1.01. The molecule has 8 heteroatoms. The topological polar surface area (TPSA) is 105 Å². The summed E-state index contributed by atoms with van der Waals surface area (Å²) in [5.41, 5.74) is -0.187. The fourth-order valence-electron chi connectivity index (χ4n) is 3.65. The average molecular weight is 312 g/mol. The molecule has 2 bridgehead atoms. The number of carboxylic acids is 1. The molecule has 1 aromatic heterocycles. The number of pyridine rings is 1. The van der Waals surface area contributed by atoms with Gasteiger partial charge in [0.15, 0.2) is 0 Å². The van der Waals surface area contributed by atoms with Gasteiger partial charge in [-0.3, -0.25) is 14.9 Å². The van der Waals surface area contributed by atoms with Crippen molar-refractivity contribution >= 4 is 29.1 Å². The highest BCUT2D eigenvalue weighted by Gasteiger charge is 2.51. The predicted molar refractivity (Wildman–Crippen MR) is 75.3 cm³/mol. The van der Waals surface area contributed by atoms with Crippen molar-refractivity contribution in [2.45, 2.75) is 25.3 Å². The van der Waals surface area contributed by atoms with Gasteiger partial charge >= 0.3 is 5.97 Å². The monoisotopic (exact) mass is 311 g/mol. The maximum Gasteiger partial charge on any atom is 0.308 e. The maximum absolute atomic E-state index is 11.4. The Kier molecular flexibility index (Phi) is 3.44. The number of halogens is 1. The third-order valence-electron chi connectivity index (χ3n) is 4.54. The number of rotatable bonds is 4. The first kappa shape index (κ1) is 14.1. The molecule has 2 fully saturated rings. The number of nitrogens with one attached hydrogen (secondary N) is 1. The van der Waals surface area contributed by atoms with Gasteiger partial charge in [-0.05, 0) is 31.1 Å². The summed E-state index contributed by atoms with van der Waals surface area (Å²) in [4.78, 5) is 25.5. The van der Waals surface area contributed by atoms with Crippen molar-refractivity contribution in [3.05, 3.63) is 27.4 Å². The summed E-state index contributed by atoms with van der Waals surface area (Å²) >= 11 is 6.00. The molecule has 21 heavy (non-hydrogen) atoms. The molecule has 1 heterocycles. The normalized spacial score (nSPS) is 30.3. The minimum Gasteiger partial charge on any atom is -0.481 e. The highest BCUT2D eigenvalue weighted by atomic mass is 35.5. The van der Waals surface area contributed by atoms with E-state index in [2.05, 4.69) is 10.3 Å². The van der Waals surface area contributed by atoms with Gasteiger partial charge in [-0.1, -0.05) is 11.6 Å². The van der Waals surface area contributed by atoms with Crippen LogP contribution in [-0.4, -0.2) is 27.0 Å². The van der Waals surface area contributed by atoms with Crippen molar-refractivity contribution in [1.82, 2.24) is 4.98 Å². The van der Waals surface area contributed by atoms with Crippen LogP contribution in [0.4, 0.5) is 11.5 Å². The van der Waals surface area contributed by atoms with Crippen LogP contribution in [0.15, 0.2) is 12.3 Å². The summed E-state index contributed by atoms with van der Waals surface area (Å²) < 4.78 is 0. The molecule has 2 aliphatic rings. The van der Waals surface area contributed by atoms with Gasteiger partial charge in [-0.2, -0.15) is 0 Å². The standard InChI is InChI=1S/C13H14ClN3O4/c14-9-4-8(17(20)21)5-15-12(9)16-11-7-2-1-6(3-7)10(11)13(18)19/h4-7,10-11H,1-3H2,(H,15,16)(H,18,19). The molecule has 0 aliphatic heterocycles. The Morgan fingerprint density at radius 2 is 2.19 bits per heavy atom. The predicted octanol–water partition coefficient (Wildman–Crippen LogP) is 2.55. The minimum atomic E-state index is -0.808. The Bertz CT molecular complexity index is 609. The highest BCUT2D eigenvalue weighted by molar-refractivity contribution is 6.33. The van der Waals surface area contributed by atoms with Crippen molar-refractivity contribution < 1.29 is 14.8 Å². The summed E-state index contributed by atoms with van der Waals surface area (Å²) in [5.74, 6) is -0.452. The number of hydrogen-bond donors (Lipinski definition) is 2. The quantitative estimate of drug-likeness (QED) is 0.654. The van der Waals surface area contributed by atoms with E-state index in [1.807, 2.05) is 0 Å². The number of carboxylic acid groups (broad SMARTS) is 1. The number of aromatic nitrogens is 1. The van der Waals surface area contributed by atoms with E-state index in [1.54, 1.807) is 0 Å². The number of hydrogen-bond acceptors (Lipinski definition) is 5. The van der Waals surface area contributed by atoms with Crippen LogP contribution < -0.4 is 5.32 Å². The smallest absolute Gasteiger partial charge is 0.308 e. The lowest BCUT2D eigenvalue weighted by Crippen LogP contribution is -2.39. The van der Waals surface area contributed by atoms with Crippen molar-refractivity contribution in [2.24, 2.45) is 17.8 Å². The number of nitro groups is 1. The molecule has 4 atom stereocenters. The fraction of sp³-hybridized carbons (Fsp3) is 0.538. The van der Waals surface area contributed by atoms with Gasteiger partial charge in [-0.25, -0.2) is 4.98 Å². The third kappa shape index (κ3) is 2.42. The maximum atomic E-state index is 11.4. The van der Waals surface area contributed by atoms with E-state index in [0.717, 1.165) is 25.5 Å². The Morgan fingerprint density at radius 3 is 2.81 bits per heavy atom. The first-order valence-electron chi connectivity index (χ1n) is 6.76. The van der Waals surface area contributed by atoms with Crippen molar-refractivity contribution in [2.75, 3.05) is 5.32 Å². The van der Waals surface area contributed by atoms with Crippen LogP contribution in [0.2, 0.25) is 5.02 Å². The summed E-state index contributed by atoms with van der Waals surface area (Å²) in [5, 5.41) is 23.3. The van der Waals surface area contributed by atoms with E-state index in [4.69, 9.17) is 11.6 Å². The van der Waals surface area contributed by atoms with Crippen LogP contribution in [0.3, 0.4) is 0 Å². The molecule has 1 aromatic rings. The summed E-state index contributed by atoms with van der Waals surface area (Å²) in [6.07, 6.45) is 3.97. The molecule has 7 nitrogen and oxygen atoms in total. The third-order valence-corrected chi connectivity index (χ3v) is 4.83. The Labute approximate surface area is 125 Å². The average Bonchev–Trinajstić information content (AvgIpc) is 3.01.